The van der Waals surface area contributed by atoms with Crippen LogP contribution in [0.3, 0.4) is 0 Å². The molecule has 1 saturated heterocycles. The van der Waals surface area contributed by atoms with E-state index < -0.39 is 16.3 Å². The molecule has 3 N–H and O–H groups in total. The molecular weight excluding hydrogens is 550 g/mol. The molecule has 3 aromatic rings. The Hall–Kier alpha value is -3.90. The van der Waals surface area contributed by atoms with Crippen LogP contribution < -0.4 is 9.46 Å². The van der Waals surface area contributed by atoms with Crippen LogP contribution in [0.15, 0.2) is 40.7 Å². The SMILES string of the molecule is CCOC1=NC(c2nc3nc(Cl)c(NS(=O)(=O)N4CCC(O)CC4)nc3n2-c2c(O)cccc2OC)=C=C=C1. The average molecular weight is 574 g/mol. The number of phenolic OH excluding ortho intramolecular Hbond substituents is 1. The Balaban J connectivity index is 1.70. The van der Waals surface area contributed by atoms with Gasteiger partial charge in [0, 0.05) is 13.1 Å². The minimum Gasteiger partial charge on any atom is -0.506 e. The number of methoxy groups -OCH3 is 1. The van der Waals surface area contributed by atoms with Gasteiger partial charge in [-0.05, 0) is 37.6 Å². The van der Waals surface area contributed by atoms with Crippen LogP contribution in [0.2, 0.25) is 5.15 Å². The number of para-hydroxylation sites is 1. The van der Waals surface area contributed by atoms with E-state index in [0.717, 1.165) is 0 Å². The first-order valence-electron chi connectivity index (χ1n) is 11.9. The molecule has 1 fully saturated rings. The topological polar surface area (TPSA) is 164 Å². The minimum atomic E-state index is -4.07. The highest BCUT2D eigenvalue weighted by Gasteiger charge is 2.30. The smallest absolute Gasteiger partial charge is 0.302 e. The summed E-state index contributed by atoms with van der Waals surface area (Å²) in [6, 6.07) is 4.68. The lowest BCUT2D eigenvalue weighted by Gasteiger charge is -2.28. The van der Waals surface area contributed by atoms with E-state index in [1.807, 2.05) is 6.92 Å². The van der Waals surface area contributed by atoms with E-state index >= 15 is 0 Å². The third-order valence-corrected chi connectivity index (χ3v) is 7.73. The molecule has 0 spiro atoms. The van der Waals surface area contributed by atoms with E-state index in [9.17, 15) is 18.6 Å². The summed E-state index contributed by atoms with van der Waals surface area (Å²) in [5, 5.41) is 20.4. The van der Waals surface area contributed by atoms with Crippen LogP contribution in [0.25, 0.3) is 22.7 Å². The van der Waals surface area contributed by atoms with Gasteiger partial charge in [-0.2, -0.15) is 12.7 Å². The number of phenols is 1. The number of hydrogen-bond donors (Lipinski definition) is 3. The summed E-state index contributed by atoms with van der Waals surface area (Å²) in [5.74, 6) is 0.262. The first-order valence-corrected chi connectivity index (χ1v) is 13.8. The number of benzene rings is 1. The van der Waals surface area contributed by atoms with E-state index in [2.05, 4.69) is 36.1 Å². The number of fused-ring (bicyclic) bond motifs is 1. The number of piperidine rings is 1. The largest absolute Gasteiger partial charge is 0.506 e. The van der Waals surface area contributed by atoms with Crippen LogP contribution >= 0.6 is 11.6 Å². The number of aromatic nitrogens is 4. The van der Waals surface area contributed by atoms with Gasteiger partial charge >= 0.3 is 10.2 Å². The minimum absolute atomic E-state index is 0.0429. The second-order valence-electron chi connectivity index (χ2n) is 8.49. The lowest BCUT2D eigenvalue weighted by molar-refractivity contribution is 0.113. The summed E-state index contributed by atoms with van der Waals surface area (Å²) in [4.78, 5) is 17.7. The van der Waals surface area contributed by atoms with Gasteiger partial charge in [0.25, 0.3) is 0 Å². The van der Waals surface area contributed by atoms with Gasteiger partial charge in [-0.15, -0.1) is 0 Å². The second-order valence-corrected chi connectivity index (χ2v) is 10.5. The molecule has 0 atom stereocenters. The summed E-state index contributed by atoms with van der Waals surface area (Å²) < 4.78 is 42.1. The monoisotopic (exact) mass is 573 g/mol. The molecule has 5 rings (SSSR count). The number of aliphatic imine (C=N–C) groups is 1. The number of nitrogens with one attached hydrogen (secondary N) is 1. The van der Waals surface area contributed by atoms with Crippen LogP contribution in [-0.2, 0) is 14.9 Å². The number of halogens is 1. The normalized spacial score (nSPS) is 16.3. The van der Waals surface area contributed by atoms with Crippen molar-refractivity contribution in [3.63, 3.8) is 0 Å². The number of aliphatic hydroxyl groups excluding tert-OH is 1. The number of hydrogen-bond acceptors (Lipinski definition) is 10. The Kier molecular flexibility index (Phi) is 7.32. The Bertz CT molecular complexity index is 1680. The fourth-order valence-electron chi connectivity index (χ4n) is 4.14. The molecule has 13 nitrogen and oxygen atoms in total. The predicted octanol–water partition coefficient (Wildman–Crippen LogP) is 2.40. The van der Waals surface area contributed by atoms with Gasteiger partial charge in [0.2, 0.25) is 5.90 Å². The van der Waals surface area contributed by atoms with Gasteiger partial charge < -0.3 is 19.7 Å². The standard InChI is InChI=1S/C24H24ClN7O6S/c1-3-38-18-9-4-6-15(26-18)23-29-22-24(32(23)19-16(34)7-5-8-17(19)37-2)28-21(20(25)27-22)30-39(35,36)31-12-10-14(33)11-13-31/h5,7-9,14,33-34H,3,10-13H2,1-2H3,(H,28,30). The molecule has 39 heavy (non-hydrogen) atoms. The van der Waals surface area contributed by atoms with Crippen molar-refractivity contribution in [1.29, 1.82) is 0 Å². The Morgan fingerprint density at radius 1 is 1.23 bits per heavy atom. The summed E-state index contributed by atoms with van der Waals surface area (Å²) in [7, 11) is -2.63. The number of anilines is 1. The molecule has 2 aromatic heterocycles. The number of nitrogens with zero attached hydrogens (tertiary/aromatic N) is 6. The summed E-state index contributed by atoms with van der Waals surface area (Å²) in [5.41, 5.74) is 6.15. The zero-order chi connectivity index (χ0) is 27.7. The molecule has 204 valence electrons. The number of aromatic hydroxyl groups is 1. The lowest BCUT2D eigenvalue weighted by atomic mass is 10.1. The van der Waals surface area contributed by atoms with E-state index in [1.165, 1.54) is 28.1 Å². The maximum absolute atomic E-state index is 13.1. The molecule has 1 aromatic carbocycles. The quantitative estimate of drug-likeness (QED) is 0.360. The fourth-order valence-corrected chi connectivity index (χ4v) is 5.58. The molecule has 0 unspecified atom stereocenters. The maximum atomic E-state index is 13.1. The highest BCUT2D eigenvalue weighted by atomic mass is 35.5. The van der Waals surface area contributed by atoms with Crippen molar-refractivity contribution in [2.45, 2.75) is 25.9 Å². The second kappa shape index (κ2) is 10.7. The fraction of sp³-hybridized carbons (Fsp3) is 0.333. The molecule has 2 aliphatic heterocycles. The zero-order valence-corrected chi connectivity index (χ0v) is 22.5. The number of rotatable bonds is 7. The zero-order valence-electron chi connectivity index (χ0n) is 20.9. The van der Waals surface area contributed by atoms with Crippen molar-refractivity contribution in [3.05, 3.63) is 46.7 Å². The summed E-state index contributed by atoms with van der Waals surface area (Å²) >= 11 is 6.35. The highest BCUT2D eigenvalue weighted by Crippen LogP contribution is 2.37. The molecular formula is C24H24ClN7O6S. The molecule has 0 amide bonds. The van der Waals surface area contributed by atoms with Crippen molar-refractivity contribution in [2.75, 3.05) is 31.5 Å². The van der Waals surface area contributed by atoms with E-state index in [4.69, 9.17) is 21.1 Å². The van der Waals surface area contributed by atoms with E-state index in [-0.39, 0.29) is 70.0 Å². The van der Waals surface area contributed by atoms with Crippen molar-refractivity contribution in [3.8, 4) is 17.2 Å². The first kappa shape index (κ1) is 26.7. The third-order valence-electron chi connectivity index (χ3n) is 5.98. The molecule has 0 bridgehead atoms. The number of aliphatic hydroxyl groups is 1. The van der Waals surface area contributed by atoms with Gasteiger partial charge in [0.15, 0.2) is 33.8 Å². The molecule has 2 aliphatic rings. The van der Waals surface area contributed by atoms with Crippen LogP contribution in [0.1, 0.15) is 25.6 Å². The maximum Gasteiger partial charge on any atom is 0.302 e. The van der Waals surface area contributed by atoms with Crippen molar-refractivity contribution in [1.82, 2.24) is 23.8 Å². The highest BCUT2D eigenvalue weighted by molar-refractivity contribution is 7.90. The number of imidazole rings is 1. The van der Waals surface area contributed by atoms with Crippen LogP contribution in [0, 0.1) is 0 Å². The van der Waals surface area contributed by atoms with Crippen LogP contribution in [-0.4, -0.2) is 81.3 Å². The molecule has 0 saturated carbocycles. The third kappa shape index (κ3) is 5.21. The Morgan fingerprint density at radius 3 is 2.72 bits per heavy atom. The Morgan fingerprint density at radius 2 is 2.00 bits per heavy atom. The van der Waals surface area contributed by atoms with Crippen molar-refractivity contribution >= 4 is 50.5 Å². The van der Waals surface area contributed by atoms with Gasteiger partial charge in [-0.1, -0.05) is 23.4 Å². The van der Waals surface area contributed by atoms with Crippen molar-refractivity contribution < 1.29 is 28.1 Å². The average Bonchev–Trinajstić information content (AvgIpc) is 3.26. The van der Waals surface area contributed by atoms with Gasteiger partial charge in [0.1, 0.15) is 17.2 Å². The van der Waals surface area contributed by atoms with E-state index in [1.54, 1.807) is 12.1 Å². The van der Waals surface area contributed by atoms with E-state index in [0.29, 0.717) is 19.4 Å². The van der Waals surface area contributed by atoms with Crippen molar-refractivity contribution in [2.24, 2.45) is 4.99 Å². The molecule has 0 radical (unpaired) electrons. The lowest BCUT2D eigenvalue weighted by Crippen LogP contribution is -2.43. The Labute approximate surface area is 228 Å². The van der Waals surface area contributed by atoms with Gasteiger partial charge in [0.05, 0.1) is 25.9 Å². The van der Waals surface area contributed by atoms with Crippen LogP contribution in [0.5, 0.6) is 11.5 Å². The molecule has 15 heteroatoms. The van der Waals surface area contributed by atoms with Crippen LogP contribution in [0.4, 0.5) is 5.82 Å². The van der Waals surface area contributed by atoms with Gasteiger partial charge in [-0.3, -0.25) is 9.29 Å². The number of ether oxygens (including phenoxy) is 2. The van der Waals surface area contributed by atoms with Gasteiger partial charge in [-0.25, -0.2) is 19.9 Å². The molecule has 0 aliphatic carbocycles. The summed E-state index contributed by atoms with van der Waals surface area (Å²) in [6.45, 7) is 2.45. The first-order chi connectivity index (χ1) is 18.7. The molecule has 4 heterocycles. The summed E-state index contributed by atoms with van der Waals surface area (Å²) in [6.07, 6.45) is 1.58. The predicted molar refractivity (Wildman–Crippen MR) is 143 cm³/mol.